The second-order valence-electron chi connectivity index (χ2n) is 6.08. The highest BCUT2D eigenvalue weighted by atomic mass is 32.2. The van der Waals surface area contributed by atoms with E-state index in [1.807, 2.05) is 11.8 Å². The number of nitrogens with zero attached hydrogens (tertiary/aromatic N) is 1. The average Bonchev–Trinajstić information content (AvgIpc) is 3.08. The van der Waals surface area contributed by atoms with Gasteiger partial charge in [-0.1, -0.05) is 23.3 Å². The van der Waals surface area contributed by atoms with Crippen molar-refractivity contribution in [3.8, 4) is 0 Å². The second-order valence-corrected chi connectivity index (χ2v) is 7.32. The zero-order valence-corrected chi connectivity index (χ0v) is 11.7. The molecule has 3 rings (SSSR count). The molecule has 1 aromatic carbocycles. The predicted octanol–water partition coefficient (Wildman–Crippen LogP) is 2.90. The molecule has 2 nitrogen and oxygen atoms in total. The molecule has 1 unspecified atom stereocenters. The lowest BCUT2D eigenvalue weighted by Gasteiger charge is -2.29. The highest BCUT2D eigenvalue weighted by Crippen LogP contribution is 2.51. The van der Waals surface area contributed by atoms with Crippen LogP contribution in [0.15, 0.2) is 18.2 Å². The van der Waals surface area contributed by atoms with Gasteiger partial charge in [0.15, 0.2) is 0 Å². The standard InChI is InChI=1S/C14H19NOS/c1-13(2)10-6-5-9(12-8-17-12)7-11(10)14(3,4)15(13)16/h5-7,12,16H,8H2,1-4H3/p+1. The van der Waals surface area contributed by atoms with Crippen LogP contribution in [0.2, 0.25) is 0 Å². The lowest BCUT2D eigenvalue weighted by atomic mass is 9.89. The molecular weight excluding hydrogens is 230 g/mol. The van der Waals surface area contributed by atoms with Crippen molar-refractivity contribution in [2.24, 2.45) is 0 Å². The van der Waals surface area contributed by atoms with Gasteiger partial charge in [0, 0.05) is 11.0 Å². The van der Waals surface area contributed by atoms with E-state index in [1.165, 1.54) is 22.4 Å². The summed E-state index contributed by atoms with van der Waals surface area (Å²) < 4.78 is 0. The van der Waals surface area contributed by atoms with E-state index in [0.29, 0.717) is 5.25 Å². The smallest absolute Gasteiger partial charge is 0.109 e. The number of hydrogen-bond acceptors (Lipinski definition) is 2. The van der Waals surface area contributed by atoms with Crippen molar-refractivity contribution < 1.29 is 5.21 Å². The minimum atomic E-state index is -0.186. The maximum absolute atomic E-state index is 8.34. The number of fused-ring (bicyclic) bond motifs is 1. The summed E-state index contributed by atoms with van der Waals surface area (Å²) in [4.78, 5) is 0. The number of thioether (sulfide) groups is 1. The summed E-state index contributed by atoms with van der Waals surface area (Å²) in [6.07, 6.45) is 0. The Bertz CT molecular complexity index is 477. The third-order valence-corrected chi connectivity index (χ3v) is 5.12. The maximum atomic E-state index is 8.34. The summed E-state index contributed by atoms with van der Waals surface area (Å²) in [6.45, 7) is 8.58. The molecule has 2 aliphatic rings. The molecule has 1 saturated heterocycles. The van der Waals surface area contributed by atoms with Crippen LogP contribution < -0.4 is 0 Å². The van der Waals surface area contributed by atoms with Crippen LogP contribution in [-0.2, 0) is 11.1 Å². The van der Waals surface area contributed by atoms with E-state index in [9.17, 15) is 0 Å². The van der Waals surface area contributed by atoms with Gasteiger partial charge in [-0.25, -0.2) is 0 Å². The molecule has 1 atom stereocenters. The predicted molar refractivity (Wildman–Crippen MR) is 73.1 cm³/mol. The van der Waals surface area contributed by atoms with Crippen molar-refractivity contribution >= 4 is 11.8 Å². The van der Waals surface area contributed by atoms with Crippen molar-refractivity contribution in [2.45, 2.75) is 44.0 Å². The zero-order valence-electron chi connectivity index (χ0n) is 10.9. The lowest BCUT2D eigenvalue weighted by molar-refractivity contribution is -0.216. The topological polar surface area (TPSA) is 26.1 Å². The monoisotopic (exact) mass is 250 g/mol. The van der Waals surface area contributed by atoms with E-state index in [-0.39, 0.29) is 11.1 Å². The summed E-state index contributed by atoms with van der Waals surface area (Å²) >= 11 is 2.01. The van der Waals surface area contributed by atoms with Crippen molar-refractivity contribution in [3.63, 3.8) is 0 Å². The molecule has 0 aliphatic carbocycles. The molecule has 17 heavy (non-hydrogen) atoms. The fraction of sp³-hybridized carbons (Fsp3) is 0.571. The first-order valence-corrected chi connectivity index (χ1v) is 7.18. The first-order chi connectivity index (χ1) is 7.85. The molecule has 0 bridgehead atoms. The number of rotatable bonds is 1. The first kappa shape index (κ1) is 11.6. The molecular formula is C14H20NOS+. The molecule has 92 valence electrons. The molecule has 0 aromatic heterocycles. The highest BCUT2D eigenvalue weighted by molar-refractivity contribution is 8.06. The molecule has 2 aliphatic heterocycles. The van der Waals surface area contributed by atoms with E-state index in [0.717, 1.165) is 0 Å². The van der Waals surface area contributed by atoms with Gasteiger partial charge in [-0.2, -0.15) is 11.8 Å². The van der Waals surface area contributed by atoms with Gasteiger partial charge < -0.3 is 5.21 Å². The number of hydrogen-bond donors (Lipinski definition) is 0. The maximum Gasteiger partial charge on any atom is 0.109 e. The third-order valence-electron chi connectivity index (χ3n) is 4.19. The molecule has 1 fully saturated rings. The van der Waals surface area contributed by atoms with E-state index >= 15 is 0 Å². The summed E-state index contributed by atoms with van der Waals surface area (Å²) in [5, 5.41) is 10.8. The van der Waals surface area contributed by atoms with Gasteiger partial charge in [-0.3, -0.25) is 0 Å². The minimum Gasteiger partial charge on any atom is -0.337 e. The van der Waals surface area contributed by atoms with Crippen molar-refractivity contribution in [1.29, 1.82) is 0 Å². The van der Waals surface area contributed by atoms with Crippen molar-refractivity contribution in [2.75, 3.05) is 5.75 Å². The van der Waals surface area contributed by atoms with Gasteiger partial charge in [-0.15, -0.1) is 0 Å². The number of hydroxylamine groups is 2. The van der Waals surface area contributed by atoms with Gasteiger partial charge in [0.1, 0.15) is 11.1 Å². The summed E-state index contributed by atoms with van der Waals surface area (Å²) in [5.74, 6) is 1.26. The molecule has 2 heterocycles. The Labute approximate surface area is 107 Å². The average molecular weight is 250 g/mol. The zero-order chi connectivity index (χ0) is 12.4. The molecule has 2 N–H and O–H groups in total. The van der Waals surface area contributed by atoms with E-state index in [2.05, 4.69) is 45.9 Å². The third kappa shape index (κ3) is 1.49. The lowest BCUT2D eigenvalue weighted by Crippen LogP contribution is -2.42. The van der Waals surface area contributed by atoms with Crippen LogP contribution in [0, 0.1) is 0 Å². The second kappa shape index (κ2) is 3.28. The highest BCUT2D eigenvalue weighted by Gasteiger charge is 2.52. The molecule has 0 amide bonds. The molecule has 3 heteroatoms. The summed E-state index contributed by atoms with van der Waals surface area (Å²) in [6, 6.07) is 6.82. The largest absolute Gasteiger partial charge is 0.337 e. The van der Waals surface area contributed by atoms with Crippen molar-refractivity contribution in [1.82, 2.24) is 5.06 Å². The Morgan fingerprint density at radius 3 is 2.35 bits per heavy atom. The molecule has 0 radical (unpaired) electrons. The van der Waals surface area contributed by atoms with Crippen LogP contribution in [0.5, 0.6) is 0 Å². The van der Waals surface area contributed by atoms with Crippen LogP contribution in [0.25, 0.3) is 0 Å². The van der Waals surface area contributed by atoms with Crippen LogP contribution in [0.1, 0.15) is 49.6 Å². The first-order valence-electron chi connectivity index (χ1n) is 6.13. The summed E-state index contributed by atoms with van der Waals surface area (Å²) in [7, 11) is 0. The van der Waals surface area contributed by atoms with Crippen LogP contribution in [0.3, 0.4) is 0 Å². The minimum absolute atomic E-state index is 0.186. The van der Waals surface area contributed by atoms with Gasteiger partial charge in [0.25, 0.3) is 0 Å². The SMILES string of the molecule is CC1(C)c2ccc(C3CS3)cc2C(C)(C)N1[OH2+]. The molecule has 1 aromatic rings. The normalized spacial score (nSPS) is 29.1. The van der Waals surface area contributed by atoms with Gasteiger partial charge in [0.2, 0.25) is 0 Å². The van der Waals surface area contributed by atoms with Crippen molar-refractivity contribution in [3.05, 3.63) is 34.9 Å². The quantitative estimate of drug-likeness (QED) is 0.566. The Kier molecular flexibility index (Phi) is 2.23. The van der Waals surface area contributed by atoms with Gasteiger partial charge in [0.05, 0.1) is 0 Å². The van der Waals surface area contributed by atoms with E-state index in [4.69, 9.17) is 5.21 Å². The van der Waals surface area contributed by atoms with E-state index in [1.54, 1.807) is 5.06 Å². The Balaban J connectivity index is 2.17. The fourth-order valence-electron chi connectivity index (χ4n) is 2.98. The summed E-state index contributed by atoms with van der Waals surface area (Å²) in [5.41, 5.74) is 3.71. The van der Waals surface area contributed by atoms with E-state index < -0.39 is 0 Å². The van der Waals surface area contributed by atoms with Crippen LogP contribution in [0.4, 0.5) is 0 Å². The Morgan fingerprint density at radius 1 is 1.18 bits per heavy atom. The van der Waals surface area contributed by atoms with Gasteiger partial charge in [-0.05, 0) is 44.4 Å². The fourth-order valence-corrected chi connectivity index (χ4v) is 3.61. The number of benzene rings is 1. The molecule has 0 spiro atoms. The Hall–Kier alpha value is -0.510. The Morgan fingerprint density at radius 2 is 1.76 bits per heavy atom. The van der Waals surface area contributed by atoms with Crippen LogP contribution in [-0.4, -0.2) is 16.0 Å². The van der Waals surface area contributed by atoms with Crippen LogP contribution >= 0.6 is 11.8 Å². The van der Waals surface area contributed by atoms with Gasteiger partial charge >= 0.3 is 0 Å². The molecule has 0 saturated carbocycles.